The second kappa shape index (κ2) is 4.27. The van der Waals surface area contributed by atoms with Crippen molar-refractivity contribution in [2.45, 2.75) is 57.9 Å². The molecule has 1 aliphatic rings. The predicted octanol–water partition coefficient (Wildman–Crippen LogP) is 2.95. The molecule has 1 saturated carbocycles. The van der Waals surface area contributed by atoms with Crippen molar-refractivity contribution in [3.63, 3.8) is 0 Å². The van der Waals surface area contributed by atoms with Gasteiger partial charge in [0.25, 0.3) is 0 Å². The third kappa shape index (κ3) is 3.14. The lowest BCUT2D eigenvalue weighted by molar-refractivity contribution is 0.341. The molecule has 1 heteroatoms. The molecule has 0 radical (unpaired) electrons. The fourth-order valence-electron chi connectivity index (χ4n) is 1.99. The molecule has 0 bridgehead atoms. The molecule has 1 fully saturated rings. The van der Waals surface area contributed by atoms with Crippen LogP contribution in [0.1, 0.15) is 52.4 Å². The fraction of sp³-hybridized carbons (Fsp3) is 1.00. The van der Waals surface area contributed by atoms with Crippen LogP contribution < -0.4 is 5.32 Å². The van der Waals surface area contributed by atoms with Crippen LogP contribution >= 0.6 is 0 Å². The highest BCUT2D eigenvalue weighted by molar-refractivity contribution is 4.78. The highest BCUT2D eigenvalue weighted by atomic mass is 14.9. The Hall–Kier alpha value is -0.0400. The molecule has 1 rings (SSSR count). The highest BCUT2D eigenvalue weighted by Gasteiger charge is 2.20. The Morgan fingerprint density at radius 3 is 2.33 bits per heavy atom. The standard InChI is InChI=1S/C11H23N/c1-11(2,12-3)9-8-10-6-4-5-7-10/h10,12H,4-9H2,1-3H3. The van der Waals surface area contributed by atoms with Crippen LogP contribution in [-0.2, 0) is 0 Å². The molecule has 0 atom stereocenters. The minimum absolute atomic E-state index is 0.350. The summed E-state index contributed by atoms with van der Waals surface area (Å²) in [7, 11) is 2.06. The molecule has 0 aromatic heterocycles. The Morgan fingerprint density at radius 1 is 1.25 bits per heavy atom. The molecule has 72 valence electrons. The summed E-state index contributed by atoms with van der Waals surface area (Å²) >= 11 is 0. The normalized spacial score (nSPS) is 20.2. The van der Waals surface area contributed by atoms with Crippen LogP contribution in [0, 0.1) is 5.92 Å². The average molecular weight is 169 g/mol. The van der Waals surface area contributed by atoms with Crippen LogP contribution in [0.15, 0.2) is 0 Å². The molecule has 1 nitrogen and oxygen atoms in total. The van der Waals surface area contributed by atoms with E-state index in [-0.39, 0.29) is 0 Å². The maximum absolute atomic E-state index is 3.37. The van der Waals surface area contributed by atoms with E-state index >= 15 is 0 Å². The summed E-state index contributed by atoms with van der Waals surface area (Å²) in [6.45, 7) is 4.59. The van der Waals surface area contributed by atoms with E-state index in [4.69, 9.17) is 0 Å². The Morgan fingerprint density at radius 2 is 1.83 bits per heavy atom. The number of hydrogen-bond donors (Lipinski definition) is 1. The molecular formula is C11H23N. The van der Waals surface area contributed by atoms with E-state index in [1.165, 1.54) is 38.5 Å². The largest absolute Gasteiger partial charge is 0.315 e. The first-order chi connectivity index (χ1) is 5.64. The van der Waals surface area contributed by atoms with Gasteiger partial charge in [0.2, 0.25) is 0 Å². The van der Waals surface area contributed by atoms with Crippen LogP contribution in [0.4, 0.5) is 0 Å². The monoisotopic (exact) mass is 169 g/mol. The molecule has 0 amide bonds. The summed E-state index contributed by atoms with van der Waals surface area (Å²) in [4.78, 5) is 0. The molecule has 0 aliphatic heterocycles. The summed E-state index contributed by atoms with van der Waals surface area (Å²) in [5.74, 6) is 1.04. The maximum atomic E-state index is 3.37. The Balaban J connectivity index is 2.15. The average Bonchev–Trinajstić information content (AvgIpc) is 2.53. The van der Waals surface area contributed by atoms with Gasteiger partial charge >= 0.3 is 0 Å². The van der Waals surface area contributed by atoms with Gasteiger partial charge in [-0.3, -0.25) is 0 Å². The fourth-order valence-corrected chi connectivity index (χ4v) is 1.99. The third-order valence-electron chi connectivity index (χ3n) is 3.33. The van der Waals surface area contributed by atoms with Crippen molar-refractivity contribution in [3.8, 4) is 0 Å². The van der Waals surface area contributed by atoms with Gasteiger partial charge in [-0.25, -0.2) is 0 Å². The Labute approximate surface area is 76.9 Å². The quantitative estimate of drug-likeness (QED) is 0.682. The molecule has 0 aromatic rings. The first kappa shape index (κ1) is 10.0. The van der Waals surface area contributed by atoms with Crippen LogP contribution in [0.5, 0.6) is 0 Å². The van der Waals surface area contributed by atoms with Crippen molar-refractivity contribution in [2.75, 3.05) is 7.05 Å². The lowest BCUT2D eigenvalue weighted by atomic mass is 9.92. The van der Waals surface area contributed by atoms with Crippen molar-refractivity contribution in [1.82, 2.24) is 5.32 Å². The van der Waals surface area contributed by atoms with Crippen molar-refractivity contribution in [3.05, 3.63) is 0 Å². The lowest BCUT2D eigenvalue weighted by Crippen LogP contribution is -2.36. The molecular weight excluding hydrogens is 146 g/mol. The minimum Gasteiger partial charge on any atom is -0.315 e. The van der Waals surface area contributed by atoms with Gasteiger partial charge in [0.15, 0.2) is 0 Å². The summed E-state index contributed by atoms with van der Waals surface area (Å²) in [6, 6.07) is 0. The second-order valence-corrected chi connectivity index (χ2v) is 4.82. The topological polar surface area (TPSA) is 12.0 Å². The van der Waals surface area contributed by atoms with Crippen molar-refractivity contribution >= 4 is 0 Å². The van der Waals surface area contributed by atoms with Crippen LogP contribution in [-0.4, -0.2) is 12.6 Å². The van der Waals surface area contributed by atoms with Gasteiger partial charge in [-0.1, -0.05) is 25.7 Å². The van der Waals surface area contributed by atoms with Crippen molar-refractivity contribution in [1.29, 1.82) is 0 Å². The maximum Gasteiger partial charge on any atom is 0.0122 e. The first-order valence-corrected chi connectivity index (χ1v) is 5.33. The first-order valence-electron chi connectivity index (χ1n) is 5.33. The molecule has 1 N–H and O–H groups in total. The summed E-state index contributed by atoms with van der Waals surface area (Å²) < 4.78 is 0. The molecule has 0 saturated heterocycles. The van der Waals surface area contributed by atoms with Crippen molar-refractivity contribution < 1.29 is 0 Å². The molecule has 12 heavy (non-hydrogen) atoms. The highest BCUT2D eigenvalue weighted by Crippen LogP contribution is 2.30. The molecule has 0 unspecified atom stereocenters. The third-order valence-corrected chi connectivity index (χ3v) is 3.33. The number of hydrogen-bond acceptors (Lipinski definition) is 1. The summed E-state index contributed by atoms with van der Waals surface area (Å²) in [5.41, 5.74) is 0.350. The van der Waals surface area contributed by atoms with Gasteiger partial charge in [-0.2, -0.15) is 0 Å². The van der Waals surface area contributed by atoms with Gasteiger partial charge in [-0.15, -0.1) is 0 Å². The van der Waals surface area contributed by atoms with Gasteiger partial charge in [-0.05, 0) is 39.7 Å². The van der Waals surface area contributed by atoms with E-state index in [1.807, 2.05) is 0 Å². The number of rotatable bonds is 4. The smallest absolute Gasteiger partial charge is 0.0122 e. The number of nitrogens with one attached hydrogen (secondary N) is 1. The zero-order valence-corrected chi connectivity index (χ0v) is 8.82. The summed E-state index contributed by atoms with van der Waals surface area (Å²) in [5, 5.41) is 3.37. The van der Waals surface area contributed by atoms with Gasteiger partial charge < -0.3 is 5.32 Å². The van der Waals surface area contributed by atoms with Gasteiger partial charge in [0, 0.05) is 5.54 Å². The second-order valence-electron chi connectivity index (χ2n) is 4.82. The predicted molar refractivity (Wildman–Crippen MR) is 54.3 cm³/mol. The van der Waals surface area contributed by atoms with Crippen molar-refractivity contribution in [2.24, 2.45) is 5.92 Å². The molecule has 0 heterocycles. The van der Waals surface area contributed by atoms with E-state index in [0.29, 0.717) is 5.54 Å². The van der Waals surface area contributed by atoms with Gasteiger partial charge in [0.05, 0.1) is 0 Å². The SMILES string of the molecule is CNC(C)(C)CCC1CCCC1. The zero-order chi connectivity index (χ0) is 9.03. The Kier molecular flexibility index (Phi) is 3.57. The van der Waals surface area contributed by atoms with E-state index in [0.717, 1.165) is 5.92 Å². The lowest BCUT2D eigenvalue weighted by Gasteiger charge is -2.25. The zero-order valence-electron chi connectivity index (χ0n) is 8.82. The molecule has 1 aliphatic carbocycles. The van der Waals surface area contributed by atoms with Crippen LogP contribution in [0.2, 0.25) is 0 Å². The minimum atomic E-state index is 0.350. The van der Waals surface area contributed by atoms with E-state index in [2.05, 4.69) is 26.2 Å². The van der Waals surface area contributed by atoms with E-state index in [1.54, 1.807) is 0 Å². The van der Waals surface area contributed by atoms with Gasteiger partial charge in [0.1, 0.15) is 0 Å². The molecule has 0 spiro atoms. The molecule has 0 aromatic carbocycles. The van der Waals surface area contributed by atoms with Crippen LogP contribution in [0.3, 0.4) is 0 Å². The van der Waals surface area contributed by atoms with Crippen LogP contribution in [0.25, 0.3) is 0 Å². The van der Waals surface area contributed by atoms with E-state index in [9.17, 15) is 0 Å². The van der Waals surface area contributed by atoms with E-state index < -0.39 is 0 Å². The summed E-state index contributed by atoms with van der Waals surface area (Å²) in [6.07, 6.45) is 8.68. The Bertz CT molecular complexity index is 123.